The minimum atomic E-state index is -2.15. The molecule has 0 unspecified atom stereocenters. The molecule has 3 aliphatic heterocycles. The van der Waals surface area contributed by atoms with Crippen molar-refractivity contribution in [2.75, 3.05) is 26.7 Å². The highest BCUT2D eigenvalue weighted by Gasteiger charge is 2.44. The summed E-state index contributed by atoms with van der Waals surface area (Å²) in [6.45, 7) is 2.13. The van der Waals surface area contributed by atoms with Crippen LogP contribution in [0, 0.1) is 17.8 Å². The van der Waals surface area contributed by atoms with Gasteiger partial charge in [-0.25, -0.2) is 4.98 Å². The molecule has 3 saturated heterocycles. The highest BCUT2D eigenvalue weighted by atomic mass is 16.4. The molecular formula is C51H70N10O22. The third-order valence-electron chi connectivity index (χ3n) is 14.5. The zero-order chi connectivity index (χ0) is 62.0. The highest BCUT2D eigenvalue weighted by molar-refractivity contribution is 6.09. The van der Waals surface area contributed by atoms with E-state index in [1.807, 2.05) is 0 Å². The van der Waals surface area contributed by atoms with Crippen LogP contribution in [0.1, 0.15) is 109 Å². The average molecular weight is 1180 g/mol. The second-order valence-corrected chi connectivity index (χ2v) is 20.7. The van der Waals surface area contributed by atoms with E-state index < -0.39 is 231 Å². The third-order valence-corrected chi connectivity index (χ3v) is 14.5. The quantitative estimate of drug-likeness (QED) is 0.0704. The number of carboxylic acids is 5. The molecule has 0 aromatic carbocycles. The van der Waals surface area contributed by atoms with Crippen molar-refractivity contribution in [1.29, 1.82) is 0 Å². The first kappa shape index (κ1) is 66.8. The maximum Gasteiger partial charge on any atom is 0.305 e. The van der Waals surface area contributed by atoms with Gasteiger partial charge < -0.3 is 76.9 Å². The Hall–Kier alpha value is -8.71. The number of nitrogens with one attached hydrogen (secondary N) is 6. The molecule has 3 fully saturated rings. The highest BCUT2D eigenvalue weighted by Crippen LogP contribution is 2.26. The Morgan fingerprint density at radius 2 is 1.11 bits per heavy atom. The zero-order valence-electron chi connectivity index (χ0n) is 45.7. The van der Waals surface area contributed by atoms with E-state index >= 15 is 0 Å². The van der Waals surface area contributed by atoms with Gasteiger partial charge in [-0.15, -0.1) is 0 Å². The number of ketones is 3. The van der Waals surface area contributed by atoms with Gasteiger partial charge >= 0.3 is 29.8 Å². The van der Waals surface area contributed by atoms with Crippen LogP contribution in [-0.4, -0.2) is 225 Å². The number of aromatic amines is 1. The number of likely N-dealkylation sites (tertiary alicyclic amines) is 1. The first-order valence-electron chi connectivity index (χ1n) is 26.7. The van der Waals surface area contributed by atoms with Crippen LogP contribution in [0.5, 0.6) is 0 Å². The monoisotopic (exact) mass is 1170 g/mol. The second-order valence-electron chi connectivity index (χ2n) is 20.7. The molecule has 12 N–H and O–H groups in total. The van der Waals surface area contributed by atoms with Gasteiger partial charge in [-0.3, -0.25) is 76.7 Å². The van der Waals surface area contributed by atoms with Crippen LogP contribution < -0.4 is 26.6 Å². The SMILES string of the molecule is C[C@@H]1C(=O)N[C@@H](CCC(=O)O)C(=O)N[C@@H](CC(=O)O)C(=O)N[C@@H]([C@@H](C)O)C(=O)N2CCC[C@H]2C(=O)N[C@@H](CCC(=O)O)C(=O)C[C@@H](CC(=O)O)C(=O)C[C@@H](CC(=O)O)C(=O)C[C@@H](Cc2cnc[nH]2)C(=O)N[C@H](C(=O)N2CCCC2)C(=O)N1C. The van der Waals surface area contributed by atoms with E-state index in [1.165, 1.54) is 17.4 Å². The minimum absolute atomic E-state index is 0.0824. The lowest BCUT2D eigenvalue weighted by Crippen LogP contribution is -2.62. The number of fused-ring (bicyclic) bond motifs is 1. The van der Waals surface area contributed by atoms with Crippen LogP contribution >= 0.6 is 0 Å². The van der Waals surface area contributed by atoms with E-state index in [0.717, 1.165) is 25.8 Å². The van der Waals surface area contributed by atoms with Crippen molar-refractivity contribution in [1.82, 2.24) is 51.3 Å². The number of hydrogen-bond donors (Lipinski definition) is 12. The number of carbonyl (C=O) groups is 16. The molecule has 1 aromatic heterocycles. The molecule has 83 heavy (non-hydrogen) atoms. The molecule has 0 spiro atoms. The fourth-order valence-electron chi connectivity index (χ4n) is 9.78. The summed E-state index contributed by atoms with van der Waals surface area (Å²) in [4.78, 5) is 225. The summed E-state index contributed by atoms with van der Waals surface area (Å²) in [5.74, 6) is -26.1. The number of aliphatic carboxylic acids is 5. The number of likely N-dealkylation sites (N-methyl/N-ethyl adjacent to an activating group) is 1. The molecule has 8 amide bonds. The Labute approximate surface area is 473 Å². The minimum Gasteiger partial charge on any atom is -0.481 e. The maximum absolute atomic E-state index is 14.5. The van der Waals surface area contributed by atoms with Gasteiger partial charge in [0.1, 0.15) is 41.8 Å². The fourth-order valence-corrected chi connectivity index (χ4v) is 9.78. The number of Topliss-reactive ketones (excluding diaryl/α,β-unsaturated/α-hetero) is 3. The van der Waals surface area contributed by atoms with Gasteiger partial charge in [0.15, 0.2) is 11.8 Å². The van der Waals surface area contributed by atoms with Crippen LogP contribution in [-0.2, 0) is 83.1 Å². The zero-order valence-corrected chi connectivity index (χ0v) is 45.7. The molecule has 0 radical (unpaired) electrons. The molecule has 3 aliphatic rings. The number of hydrogen-bond acceptors (Lipinski definition) is 18. The lowest BCUT2D eigenvalue weighted by molar-refractivity contribution is -0.149. The average Bonchev–Trinajstić information content (AvgIpc) is 4.43. The van der Waals surface area contributed by atoms with E-state index in [0.29, 0.717) is 17.7 Å². The van der Waals surface area contributed by atoms with Crippen molar-refractivity contribution in [3.8, 4) is 0 Å². The van der Waals surface area contributed by atoms with Crippen molar-refractivity contribution in [2.24, 2.45) is 17.8 Å². The summed E-state index contributed by atoms with van der Waals surface area (Å²) < 4.78 is 0. The van der Waals surface area contributed by atoms with Crippen LogP contribution in [0.25, 0.3) is 0 Å². The van der Waals surface area contributed by atoms with Gasteiger partial charge in [0.05, 0.1) is 43.7 Å². The van der Waals surface area contributed by atoms with Crippen molar-refractivity contribution in [2.45, 2.75) is 159 Å². The van der Waals surface area contributed by atoms with Gasteiger partial charge in [0.2, 0.25) is 35.4 Å². The molecule has 0 saturated carbocycles. The summed E-state index contributed by atoms with van der Waals surface area (Å²) in [5, 5.41) is 70.8. The number of nitrogens with zero attached hydrogens (tertiary/aromatic N) is 4. The predicted octanol–water partition coefficient (Wildman–Crippen LogP) is -3.89. The lowest BCUT2D eigenvalue weighted by atomic mass is 9.82. The topological polar surface area (TPSA) is 493 Å². The van der Waals surface area contributed by atoms with Crippen molar-refractivity contribution in [3.63, 3.8) is 0 Å². The van der Waals surface area contributed by atoms with Gasteiger partial charge in [-0.05, 0) is 52.4 Å². The van der Waals surface area contributed by atoms with Crippen molar-refractivity contribution >= 4 is 94.5 Å². The normalized spacial score (nSPS) is 26.9. The van der Waals surface area contributed by atoms with Crippen molar-refractivity contribution in [3.05, 3.63) is 18.2 Å². The Morgan fingerprint density at radius 3 is 1.64 bits per heavy atom. The fraction of sp³-hybridized carbons (Fsp3) is 0.627. The van der Waals surface area contributed by atoms with E-state index in [2.05, 4.69) is 36.6 Å². The molecule has 4 rings (SSSR count). The molecule has 0 bridgehead atoms. The Morgan fingerprint density at radius 1 is 0.590 bits per heavy atom. The van der Waals surface area contributed by atoms with Crippen LogP contribution in [0.2, 0.25) is 0 Å². The molecule has 32 nitrogen and oxygen atoms in total. The molecule has 1 aromatic rings. The standard InChI is InChI=1S/C51H70N10O22/c1-24-44(76)55-31(9-11-38(68)69)46(78)56-32(21-41(74)75)47(79)57-42(25(2)62)51(83)61-14-6-7-33(61)48(80)54-30(8-10-37(66)67)36(65)17-27(20-40(72)73)34(63)16-26(19-39(70)71)35(64)18-28(15-29-22-52-23-53-29)45(77)58-43(49(81)59(24)3)50(82)60-12-4-5-13-60/h22-28,30-33,42-43,62H,4-21H2,1-3H3,(H,52,53)(H,54,80)(H,55,76)(H,56,78)(H,57,79)(H,58,77)(H,66,67)(H,68,69)(H,70,71)(H,72,73)(H,74,75)/t24-,25-,26+,27+,28-,30+,31+,32+,33+,42+,43+/m1/s1. The van der Waals surface area contributed by atoms with Crippen LogP contribution in [0.15, 0.2) is 12.5 Å². The number of carboxylic acid groups (broad SMARTS) is 5. The van der Waals surface area contributed by atoms with Gasteiger partial charge in [-0.1, -0.05) is 0 Å². The Bertz CT molecular complexity index is 2660. The number of H-pyrrole nitrogens is 1. The number of aromatic nitrogens is 2. The first-order chi connectivity index (χ1) is 39.0. The predicted molar refractivity (Wildman–Crippen MR) is 276 cm³/mol. The number of aliphatic hydroxyl groups excluding tert-OH is 1. The summed E-state index contributed by atoms with van der Waals surface area (Å²) in [6.07, 6.45) is -8.22. The number of rotatable bonds is 16. The molecule has 0 aliphatic carbocycles. The molecular weight excluding hydrogens is 1100 g/mol. The maximum atomic E-state index is 14.5. The third kappa shape index (κ3) is 19.8. The number of carbonyl (C=O) groups excluding carboxylic acids is 11. The first-order valence-corrected chi connectivity index (χ1v) is 26.7. The second kappa shape index (κ2) is 30.9. The van der Waals surface area contributed by atoms with E-state index in [4.69, 9.17) is 0 Å². The number of amides is 8. The van der Waals surface area contributed by atoms with Crippen LogP contribution in [0.4, 0.5) is 0 Å². The van der Waals surface area contributed by atoms with Gasteiger partial charge in [-0.2, -0.15) is 0 Å². The molecule has 32 heteroatoms. The van der Waals surface area contributed by atoms with E-state index in [1.54, 1.807) is 0 Å². The lowest BCUT2D eigenvalue weighted by Gasteiger charge is -2.32. The van der Waals surface area contributed by atoms with Crippen LogP contribution in [0.3, 0.4) is 0 Å². The number of aliphatic hydroxyl groups is 1. The molecule has 4 heterocycles. The van der Waals surface area contributed by atoms with Crippen molar-refractivity contribution < 1.29 is 107 Å². The largest absolute Gasteiger partial charge is 0.481 e. The van der Waals surface area contributed by atoms with Gasteiger partial charge in [0.25, 0.3) is 11.8 Å². The smallest absolute Gasteiger partial charge is 0.305 e. The Kier molecular flexibility index (Phi) is 24.9. The summed E-state index contributed by atoms with van der Waals surface area (Å²) in [5.41, 5.74) is 0.203. The Balaban J connectivity index is 1.87. The van der Waals surface area contributed by atoms with E-state index in [-0.39, 0.29) is 38.2 Å². The number of imidazole rings is 1. The molecule has 456 valence electrons. The summed E-state index contributed by atoms with van der Waals surface area (Å²) in [7, 11) is 1.03. The molecule has 11 atom stereocenters. The van der Waals surface area contributed by atoms with Gasteiger partial charge in [0, 0.05) is 88.9 Å². The summed E-state index contributed by atoms with van der Waals surface area (Å²) >= 11 is 0. The van der Waals surface area contributed by atoms with E-state index in [9.17, 15) is 107 Å². The summed E-state index contributed by atoms with van der Waals surface area (Å²) in [6, 6.07) is -13.2.